The van der Waals surface area contributed by atoms with Crippen LogP contribution in [0.2, 0.25) is 0 Å². The Morgan fingerprint density at radius 1 is 1.11 bits per heavy atom. The number of aromatic hydroxyl groups is 1. The van der Waals surface area contributed by atoms with Gasteiger partial charge in [-0.05, 0) is 43.7 Å². The molecule has 0 aliphatic carbocycles. The number of aryl methyl sites for hydroxylation is 1. The highest BCUT2D eigenvalue weighted by atomic mass is 32.1. The summed E-state index contributed by atoms with van der Waals surface area (Å²) in [6, 6.07) is 9.16. The second kappa shape index (κ2) is 10.6. The van der Waals surface area contributed by atoms with Crippen LogP contribution in [-0.4, -0.2) is 27.8 Å². The fourth-order valence-electron chi connectivity index (χ4n) is 3.21. The van der Waals surface area contributed by atoms with Crippen LogP contribution in [0.1, 0.15) is 48.8 Å². The van der Waals surface area contributed by atoms with Crippen LogP contribution in [0.25, 0.3) is 10.4 Å². The maximum atomic E-state index is 12.8. The van der Waals surface area contributed by atoms with Crippen molar-refractivity contribution < 1.29 is 32.4 Å². The summed E-state index contributed by atoms with van der Waals surface area (Å²) in [5.74, 6) is -0.448. The van der Waals surface area contributed by atoms with Gasteiger partial charge in [-0.25, -0.2) is 5.43 Å². The SMILES string of the molecule is CC(=NNC(=O)c1ccc(C(=O)NCc2cc(C)on2)s1)c1csc(-c2ccc(C(F)(F)F)cc2)c1O. The normalized spacial score (nSPS) is 12.0. The molecule has 3 aromatic heterocycles. The number of nitrogens with one attached hydrogen (secondary N) is 2. The van der Waals surface area contributed by atoms with E-state index in [1.54, 1.807) is 25.3 Å². The van der Waals surface area contributed by atoms with Crippen LogP contribution in [0, 0.1) is 6.92 Å². The van der Waals surface area contributed by atoms with E-state index < -0.39 is 17.6 Å². The van der Waals surface area contributed by atoms with Gasteiger partial charge in [-0.1, -0.05) is 17.3 Å². The molecule has 13 heteroatoms. The van der Waals surface area contributed by atoms with Gasteiger partial charge in [-0.2, -0.15) is 18.3 Å². The first-order valence-corrected chi connectivity index (χ1v) is 12.4. The number of nitrogens with zero attached hydrogens (tertiary/aromatic N) is 2. The molecule has 4 rings (SSSR count). The third-order valence-electron chi connectivity index (χ3n) is 5.11. The molecule has 37 heavy (non-hydrogen) atoms. The van der Waals surface area contributed by atoms with Crippen molar-refractivity contribution in [3.8, 4) is 16.2 Å². The van der Waals surface area contributed by atoms with Crippen molar-refractivity contribution in [2.45, 2.75) is 26.6 Å². The van der Waals surface area contributed by atoms with Gasteiger partial charge in [0.1, 0.15) is 17.2 Å². The molecule has 192 valence electrons. The minimum absolute atomic E-state index is 0.155. The Kier molecular flexibility index (Phi) is 7.45. The lowest BCUT2D eigenvalue weighted by Gasteiger charge is -2.07. The lowest BCUT2D eigenvalue weighted by atomic mass is 10.1. The molecule has 3 heterocycles. The zero-order valence-corrected chi connectivity index (χ0v) is 21.0. The first-order valence-electron chi connectivity index (χ1n) is 10.7. The van der Waals surface area contributed by atoms with Crippen LogP contribution in [0.3, 0.4) is 0 Å². The number of aromatic nitrogens is 1. The maximum absolute atomic E-state index is 12.8. The van der Waals surface area contributed by atoms with Gasteiger partial charge in [-0.15, -0.1) is 22.7 Å². The second-order valence-electron chi connectivity index (χ2n) is 7.82. The topological polar surface area (TPSA) is 117 Å². The number of carbonyl (C=O) groups is 2. The molecule has 0 spiro atoms. The highest BCUT2D eigenvalue weighted by Gasteiger charge is 2.30. The predicted octanol–water partition coefficient (Wildman–Crippen LogP) is 5.58. The van der Waals surface area contributed by atoms with Crippen molar-refractivity contribution in [1.82, 2.24) is 15.9 Å². The molecule has 0 aliphatic heterocycles. The monoisotopic (exact) mass is 548 g/mol. The zero-order valence-electron chi connectivity index (χ0n) is 19.3. The highest BCUT2D eigenvalue weighted by molar-refractivity contribution is 7.16. The van der Waals surface area contributed by atoms with Gasteiger partial charge >= 0.3 is 6.18 Å². The summed E-state index contributed by atoms with van der Waals surface area (Å²) >= 11 is 2.11. The number of carbonyl (C=O) groups excluding carboxylic acids is 2. The lowest BCUT2D eigenvalue weighted by Crippen LogP contribution is -2.22. The summed E-state index contributed by atoms with van der Waals surface area (Å²) in [5, 5.41) is 22.7. The van der Waals surface area contributed by atoms with Crippen molar-refractivity contribution in [1.29, 1.82) is 0 Å². The van der Waals surface area contributed by atoms with Crippen LogP contribution in [-0.2, 0) is 12.7 Å². The summed E-state index contributed by atoms with van der Waals surface area (Å²) < 4.78 is 43.4. The number of benzene rings is 1. The molecule has 0 radical (unpaired) electrons. The Morgan fingerprint density at radius 2 is 1.78 bits per heavy atom. The number of alkyl halides is 3. The Hall–Kier alpha value is -3.97. The van der Waals surface area contributed by atoms with Crippen LogP contribution < -0.4 is 10.7 Å². The fraction of sp³-hybridized carbons (Fsp3) is 0.167. The number of hydrogen-bond acceptors (Lipinski definition) is 8. The average Bonchev–Trinajstić information content (AvgIpc) is 3.60. The van der Waals surface area contributed by atoms with Crippen molar-refractivity contribution >= 4 is 40.2 Å². The molecule has 8 nitrogen and oxygen atoms in total. The quantitative estimate of drug-likeness (QED) is 0.206. The molecule has 4 aromatic rings. The van der Waals surface area contributed by atoms with Crippen molar-refractivity contribution in [3.05, 3.63) is 80.2 Å². The molecular weight excluding hydrogens is 529 g/mol. The molecular formula is C24H19F3N4O4S2. The van der Waals surface area contributed by atoms with Gasteiger partial charge in [-0.3, -0.25) is 9.59 Å². The molecule has 0 fully saturated rings. The number of halogens is 3. The maximum Gasteiger partial charge on any atom is 0.416 e. The molecule has 3 N–H and O–H groups in total. The van der Waals surface area contributed by atoms with Crippen molar-refractivity contribution in [3.63, 3.8) is 0 Å². The van der Waals surface area contributed by atoms with E-state index in [2.05, 4.69) is 21.0 Å². The van der Waals surface area contributed by atoms with E-state index in [0.29, 0.717) is 32.3 Å². The van der Waals surface area contributed by atoms with Gasteiger partial charge < -0.3 is 14.9 Å². The largest absolute Gasteiger partial charge is 0.506 e. The van der Waals surface area contributed by atoms with E-state index in [1.807, 2.05) is 0 Å². The third kappa shape index (κ3) is 6.06. The summed E-state index contributed by atoms with van der Waals surface area (Å²) in [6.45, 7) is 3.49. The number of hydrogen-bond donors (Lipinski definition) is 3. The molecule has 0 saturated carbocycles. The summed E-state index contributed by atoms with van der Waals surface area (Å²) in [6.07, 6.45) is -4.45. The van der Waals surface area contributed by atoms with Gasteiger partial charge in [0.05, 0.1) is 38.0 Å². The molecule has 0 saturated heterocycles. The Morgan fingerprint density at radius 3 is 2.41 bits per heavy atom. The van der Waals surface area contributed by atoms with Crippen LogP contribution in [0.4, 0.5) is 13.2 Å². The van der Waals surface area contributed by atoms with Gasteiger partial charge in [0, 0.05) is 11.4 Å². The summed E-state index contributed by atoms with van der Waals surface area (Å²) in [4.78, 5) is 25.8. The van der Waals surface area contributed by atoms with Crippen LogP contribution in [0.15, 0.2) is 57.5 Å². The summed E-state index contributed by atoms with van der Waals surface area (Å²) in [5.41, 5.74) is 3.21. The van der Waals surface area contributed by atoms with E-state index in [1.165, 1.54) is 24.3 Å². The van der Waals surface area contributed by atoms with Crippen LogP contribution >= 0.6 is 22.7 Å². The number of rotatable bonds is 7. The minimum Gasteiger partial charge on any atom is -0.506 e. The zero-order chi connectivity index (χ0) is 26.7. The smallest absolute Gasteiger partial charge is 0.416 e. The van der Waals surface area contributed by atoms with E-state index in [4.69, 9.17) is 4.52 Å². The van der Waals surface area contributed by atoms with Crippen LogP contribution in [0.5, 0.6) is 5.75 Å². The van der Waals surface area contributed by atoms with E-state index in [-0.39, 0.29) is 28.8 Å². The summed E-state index contributed by atoms with van der Waals surface area (Å²) in [7, 11) is 0. The van der Waals surface area contributed by atoms with Gasteiger partial charge in [0.25, 0.3) is 11.8 Å². The predicted molar refractivity (Wildman–Crippen MR) is 133 cm³/mol. The highest BCUT2D eigenvalue weighted by Crippen LogP contribution is 2.40. The minimum atomic E-state index is -4.45. The number of thiophene rings is 2. The van der Waals surface area contributed by atoms with E-state index in [9.17, 15) is 27.9 Å². The molecule has 0 atom stereocenters. The Bertz CT molecular complexity index is 1470. The van der Waals surface area contributed by atoms with Gasteiger partial charge in [0.15, 0.2) is 0 Å². The third-order valence-corrected chi connectivity index (χ3v) is 7.22. The fourth-order valence-corrected chi connectivity index (χ4v) is 5.04. The molecule has 0 unspecified atom stereocenters. The number of hydrazone groups is 1. The Labute approximate surface area is 216 Å². The van der Waals surface area contributed by atoms with Crippen molar-refractivity contribution in [2.75, 3.05) is 0 Å². The Balaban J connectivity index is 1.39. The lowest BCUT2D eigenvalue weighted by molar-refractivity contribution is -0.137. The molecule has 2 amide bonds. The molecule has 0 aliphatic rings. The van der Waals surface area contributed by atoms with E-state index in [0.717, 1.165) is 34.8 Å². The first kappa shape index (κ1) is 26.1. The second-order valence-corrected chi connectivity index (χ2v) is 9.78. The van der Waals surface area contributed by atoms with Gasteiger partial charge in [0.2, 0.25) is 0 Å². The first-order chi connectivity index (χ1) is 17.5. The standard InChI is InChI=1S/C24H19F3N4O4S2/c1-12-9-16(31-35-12)10-28-22(33)18-7-8-19(37-18)23(34)30-29-13(2)17-11-36-21(20(17)32)14-3-5-15(6-4-14)24(25,26)27/h3-9,11,32H,10H2,1-2H3,(H,28,33)(H,30,34). The van der Waals surface area contributed by atoms with E-state index >= 15 is 0 Å². The van der Waals surface area contributed by atoms with Crippen molar-refractivity contribution in [2.24, 2.45) is 5.10 Å². The molecule has 1 aromatic carbocycles. The molecule has 0 bridgehead atoms. The average molecular weight is 549 g/mol. The number of amides is 2.